The maximum atomic E-state index is 13.7. The van der Waals surface area contributed by atoms with E-state index in [0.29, 0.717) is 5.76 Å². The van der Waals surface area contributed by atoms with Crippen molar-refractivity contribution in [3.05, 3.63) is 93.4 Å². The Labute approximate surface area is 188 Å². The third-order valence-corrected chi connectivity index (χ3v) is 4.94. The van der Waals surface area contributed by atoms with Crippen LogP contribution in [0.25, 0.3) is 22.3 Å². The summed E-state index contributed by atoms with van der Waals surface area (Å²) in [7, 11) is 0. The number of hydrogen-bond donors (Lipinski definition) is 1. The highest BCUT2D eigenvalue weighted by atomic mass is 19.2. The van der Waals surface area contributed by atoms with E-state index in [1.54, 1.807) is 12.1 Å². The maximum Gasteiger partial charge on any atom is 0.262 e. The Morgan fingerprint density at radius 3 is 2.24 bits per heavy atom. The lowest BCUT2D eigenvalue weighted by Gasteiger charge is -2.11. The smallest absolute Gasteiger partial charge is 0.262 e. The number of benzene rings is 3. The Hall–Kier alpha value is -4.21. The van der Waals surface area contributed by atoms with Crippen LogP contribution in [0.4, 0.5) is 27.6 Å². The fraction of sp³-hybridized carbons (Fsp3) is 0.0833. The number of carbonyl (C=O) groups excluding carboxylic acids is 1. The Morgan fingerprint density at radius 1 is 0.912 bits per heavy atom. The van der Waals surface area contributed by atoms with E-state index in [4.69, 9.17) is 4.42 Å². The van der Waals surface area contributed by atoms with Crippen molar-refractivity contribution in [2.75, 3.05) is 11.9 Å². The molecule has 5 nitrogen and oxygen atoms in total. The monoisotopic (exact) mass is 475 g/mol. The van der Waals surface area contributed by atoms with Crippen LogP contribution in [0.1, 0.15) is 5.56 Å². The zero-order valence-electron chi connectivity index (χ0n) is 17.3. The molecule has 34 heavy (non-hydrogen) atoms. The molecular weight excluding hydrogens is 461 g/mol. The molecule has 1 heterocycles. The average Bonchev–Trinajstić information content (AvgIpc) is 2.82. The lowest BCUT2D eigenvalue weighted by molar-refractivity contribution is -0.118. The molecule has 0 saturated heterocycles. The van der Waals surface area contributed by atoms with Crippen LogP contribution in [0.2, 0.25) is 0 Å². The van der Waals surface area contributed by atoms with Crippen molar-refractivity contribution in [1.82, 2.24) is 0 Å². The number of carbonyl (C=O) groups is 1. The zero-order valence-corrected chi connectivity index (χ0v) is 17.3. The molecule has 0 fully saturated rings. The third kappa shape index (κ3) is 4.21. The number of nitrogens with one attached hydrogen (secondary N) is 1. The van der Waals surface area contributed by atoms with Crippen molar-refractivity contribution < 1.29 is 35.9 Å². The second-order valence-corrected chi connectivity index (χ2v) is 7.24. The molecule has 0 atom stereocenters. The first-order chi connectivity index (χ1) is 16.2. The van der Waals surface area contributed by atoms with Gasteiger partial charge in [0.25, 0.3) is 5.91 Å². The van der Waals surface area contributed by atoms with Gasteiger partial charge in [-0.25, -0.2) is 13.2 Å². The molecule has 0 saturated carbocycles. The molecule has 1 aromatic heterocycles. The minimum Gasteiger partial charge on any atom is -0.477 e. The number of aryl methyl sites for hydroxylation is 1. The summed E-state index contributed by atoms with van der Waals surface area (Å²) in [5.41, 5.74) is 1.64. The van der Waals surface area contributed by atoms with Gasteiger partial charge in [-0.3, -0.25) is 9.59 Å². The Bertz CT molecular complexity index is 1470. The molecule has 10 heteroatoms. The average molecular weight is 475 g/mol. The predicted octanol–water partition coefficient (Wildman–Crippen LogP) is 5.48. The number of halogens is 5. The van der Waals surface area contributed by atoms with Gasteiger partial charge < -0.3 is 14.5 Å². The van der Waals surface area contributed by atoms with Crippen LogP contribution in [0, 0.1) is 36.0 Å². The number of fused-ring (bicyclic) bond motifs is 1. The van der Waals surface area contributed by atoms with E-state index in [2.05, 4.69) is 10.1 Å². The summed E-state index contributed by atoms with van der Waals surface area (Å²) in [4.78, 5) is 24.7. The fourth-order valence-corrected chi connectivity index (χ4v) is 3.26. The van der Waals surface area contributed by atoms with Gasteiger partial charge in [-0.2, -0.15) is 8.78 Å². The summed E-state index contributed by atoms with van der Waals surface area (Å²) in [6, 6.07) is 12.8. The molecular formula is C24H14F5NO4. The third-order valence-electron chi connectivity index (χ3n) is 4.94. The minimum atomic E-state index is -2.34. The summed E-state index contributed by atoms with van der Waals surface area (Å²) >= 11 is 0. The van der Waals surface area contributed by atoms with E-state index in [0.717, 1.165) is 11.1 Å². The van der Waals surface area contributed by atoms with Crippen LogP contribution >= 0.6 is 0 Å². The Balaban J connectivity index is 1.54. The second-order valence-electron chi connectivity index (χ2n) is 7.24. The summed E-state index contributed by atoms with van der Waals surface area (Å²) in [5, 5.41) is 2.46. The van der Waals surface area contributed by atoms with Gasteiger partial charge in [0.05, 0.1) is 5.39 Å². The van der Waals surface area contributed by atoms with Crippen LogP contribution in [0.15, 0.2) is 57.7 Å². The van der Waals surface area contributed by atoms with Gasteiger partial charge in [0.1, 0.15) is 11.3 Å². The van der Waals surface area contributed by atoms with Crippen LogP contribution < -0.4 is 15.5 Å². The lowest BCUT2D eigenvalue weighted by atomic mass is 10.1. The molecule has 0 bridgehead atoms. The Morgan fingerprint density at radius 2 is 1.56 bits per heavy atom. The maximum absolute atomic E-state index is 13.7. The van der Waals surface area contributed by atoms with Crippen molar-refractivity contribution in [3.63, 3.8) is 0 Å². The van der Waals surface area contributed by atoms with Crippen molar-refractivity contribution in [1.29, 1.82) is 0 Å². The van der Waals surface area contributed by atoms with E-state index in [1.807, 2.05) is 19.1 Å². The topological polar surface area (TPSA) is 68.5 Å². The van der Waals surface area contributed by atoms with Crippen LogP contribution in [0.5, 0.6) is 5.75 Å². The molecule has 4 rings (SSSR count). The normalized spacial score (nSPS) is 11.0. The van der Waals surface area contributed by atoms with Gasteiger partial charge >= 0.3 is 0 Å². The molecule has 1 N–H and O–H groups in total. The van der Waals surface area contributed by atoms with Crippen molar-refractivity contribution in [2.45, 2.75) is 6.92 Å². The molecule has 174 valence electrons. The van der Waals surface area contributed by atoms with Crippen molar-refractivity contribution >= 4 is 22.6 Å². The van der Waals surface area contributed by atoms with Crippen molar-refractivity contribution in [2.24, 2.45) is 0 Å². The van der Waals surface area contributed by atoms with E-state index in [-0.39, 0.29) is 22.1 Å². The minimum absolute atomic E-state index is 0.120. The SMILES string of the molecule is Cc1ccccc1-c1cc(=O)c2cc(NC(=O)COc3c(F)c(F)c(F)c(F)c3F)ccc2o1. The second kappa shape index (κ2) is 8.97. The van der Waals surface area contributed by atoms with E-state index in [1.165, 1.54) is 24.3 Å². The standard InChI is InChI=1S/C24H14F5NO4/c1-11-4-2-3-5-13(11)17-9-15(31)14-8-12(6-7-16(14)34-17)30-18(32)10-33-24-22(28)20(26)19(25)21(27)23(24)29/h2-9H,10H2,1H3,(H,30,32). The number of ether oxygens (including phenoxy) is 1. The summed E-state index contributed by atoms with van der Waals surface area (Å²) in [6.07, 6.45) is 0. The molecule has 0 spiro atoms. The van der Waals surface area contributed by atoms with Gasteiger partial charge in [-0.15, -0.1) is 0 Å². The van der Waals surface area contributed by atoms with Crippen LogP contribution in [0.3, 0.4) is 0 Å². The number of anilines is 1. The summed E-state index contributed by atoms with van der Waals surface area (Å²) < 4.78 is 77.2. The zero-order chi connectivity index (χ0) is 24.6. The van der Waals surface area contributed by atoms with Crippen LogP contribution in [-0.2, 0) is 4.79 Å². The Kier molecular flexibility index (Phi) is 6.06. The van der Waals surface area contributed by atoms with E-state index < -0.39 is 47.3 Å². The number of rotatable bonds is 5. The van der Waals surface area contributed by atoms with Gasteiger partial charge in [-0.1, -0.05) is 24.3 Å². The van der Waals surface area contributed by atoms with Gasteiger partial charge in [0.15, 0.2) is 17.8 Å². The number of hydrogen-bond acceptors (Lipinski definition) is 4. The molecule has 3 aromatic carbocycles. The first kappa shape index (κ1) is 23.0. The summed E-state index contributed by atoms with van der Waals surface area (Å²) in [5.74, 6) is -13.3. The molecule has 0 unspecified atom stereocenters. The molecule has 0 aliphatic rings. The first-order valence-corrected chi connectivity index (χ1v) is 9.75. The highest BCUT2D eigenvalue weighted by Crippen LogP contribution is 2.29. The molecule has 0 radical (unpaired) electrons. The van der Waals surface area contributed by atoms with Crippen molar-refractivity contribution in [3.8, 4) is 17.1 Å². The highest BCUT2D eigenvalue weighted by molar-refractivity contribution is 5.94. The molecule has 4 aromatic rings. The molecule has 0 aliphatic carbocycles. The number of amides is 1. The summed E-state index contributed by atoms with van der Waals surface area (Å²) in [6.45, 7) is 0.809. The van der Waals surface area contributed by atoms with E-state index in [9.17, 15) is 31.5 Å². The molecule has 0 aliphatic heterocycles. The van der Waals surface area contributed by atoms with Gasteiger partial charge in [0.2, 0.25) is 29.1 Å². The fourth-order valence-electron chi connectivity index (χ4n) is 3.26. The lowest BCUT2D eigenvalue weighted by Crippen LogP contribution is -2.21. The molecule has 1 amide bonds. The highest BCUT2D eigenvalue weighted by Gasteiger charge is 2.27. The first-order valence-electron chi connectivity index (χ1n) is 9.75. The largest absolute Gasteiger partial charge is 0.477 e. The van der Waals surface area contributed by atoms with Crippen LogP contribution in [-0.4, -0.2) is 12.5 Å². The van der Waals surface area contributed by atoms with E-state index >= 15 is 0 Å². The van der Waals surface area contributed by atoms with Gasteiger partial charge in [-0.05, 0) is 30.7 Å². The predicted molar refractivity (Wildman–Crippen MR) is 113 cm³/mol. The van der Waals surface area contributed by atoms with Gasteiger partial charge in [0, 0.05) is 17.3 Å². The quantitative estimate of drug-likeness (QED) is 0.236.